The van der Waals surface area contributed by atoms with Crippen LogP contribution in [0.15, 0.2) is 72.1 Å². The maximum absolute atomic E-state index is 5.98. The highest BCUT2D eigenvalue weighted by Gasteiger charge is 2.11. The monoisotopic (exact) mass is 304 g/mol. The van der Waals surface area contributed by atoms with Gasteiger partial charge in [0.25, 0.3) is 0 Å². The summed E-state index contributed by atoms with van der Waals surface area (Å²) in [5.74, 6) is 2.04. The van der Waals surface area contributed by atoms with Crippen molar-refractivity contribution in [2.24, 2.45) is 0 Å². The van der Waals surface area contributed by atoms with E-state index in [-0.39, 0.29) is 0 Å². The zero-order chi connectivity index (χ0) is 14.8. The predicted molar refractivity (Wildman–Crippen MR) is 89.4 cm³/mol. The van der Waals surface area contributed by atoms with Crippen molar-refractivity contribution in [2.45, 2.75) is 0 Å². The maximum Gasteiger partial charge on any atom is 0.230 e. The second-order valence-corrected chi connectivity index (χ2v) is 5.71. The minimum Gasteiger partial charge on any atom is -0.438 e. The van der Waals surface area contributed by atoms with E-state index in [1.54, 1.807) is 11.3 Å². The Morgan fingerprint density at radius 2 is 1.59 bits per heavy atom. The smallest absolute Gasteiger partial charge is 0.230 e. The summed E-state index contributed by atoms with van der Waals surface area (Å²) in [6.45, 7) is 0. The van der Waals surface area contributed by atoms with Crippen LogP contribution in [0.5, 0.6) is 11.6 Å². The summed E-state index contributed by atoms with van der Waals surface area (Å²) in [6, 6.07) is 21.6. The standard InChI is InChI=1S/C18H12N2OS/c1-2-7-13(8-3-1)21-18-14-9-4-5-10-15(14)19-17(20-18)16-11-6-12-22-16/h1-12H. The first-order valence-electron chi connectivity index (χ1n) is 6.94. The molecule has 4 aromatic rings. The summed E-state index contributed by atoms with van der Waals surface area (Å²) in [7, 11) is 0. The molecule has 3 nitrogen and oxygen atoms in total. The second kappa shape index (κ2) is 5.58. The summed E-state index contributed by atoms with van der Waals surface area (Å²) < 4.78 is 5.98. The Morgan fingerprint density at radius 3 is 2.41 bits per heavy atom. The third-order valence-corrected chi connectivity index (χ3v) is 4.13. The molecule has 0 atom stereocenters. The van der Waals surface area contributed by atoms with Crippen LogP contribution in [0.2, 0.25) is 0 Å². The number of para-hydroxylation sites is 2. The van der Waals surface area contributed by atoms with E-state index in [4.69, 9.17) is 4.74 Å². The van der Waals surface area contributed by atoms with E-state index in [9.17, 15) is 0 Å². The fourth-order valence-corrected chi connectivity index (χ4v) is 2.90. The molecule has 2 heterocycles. The van der Waals surface area contributed by atoms with Crippen molar-refractivity contribution < 1.29 is 4.74 Å². The topological polar surface area (TPSA) is 35.0 Å². The van der Waals surface area contributed by atoms with Gasteiger partial charge in [0.2, 0.25) is 5.88 Å². The van der Waals surface area contributed by atoms with Crippen LogP contribution >= 0.6 is 11.3 Å². The van der Waals surface area contributed by atoms with Gasteiger partial charge < -0.3 is 4.74 Å². The van der Waals surface area contributed by atoms with Crippen LogP contribution in [-0.4, -0.2) is 9.97 Å². The van der Waals surface area contributed by atoms with E-state index in [2.05, 4.69) is 9.97 Å². The molecule has 4 heteroatoms. The molecule has 0 aliphatic carbocycles. The van der Waals surface area contributed by atoms with Crippen LogP contribution in [0.25, 0.3) is 21.6 Å². The third kappa shape index (κ3) is 2.44. The largest absolute Gasteiger partial charge is 0.438 e. The number of aromatic nitrogens is 2. The minimum absolute atomic E-state index is 0.584. The van der Waals surface area contributed by atoms with Crippen LogP contribution in [0.4, 0.5) is 0 Å². The van der Waals surface area contributed by atoms with Gasteiger partial charge in [0.15, 0.2) is 5.82 Å². The van der Waals surface area contributed by atoms with Gasteiger partial charge in [0.05, 0.1) is 15.8 Å². The van der Waals surface area contributed by atoms with E-state index < -0.39 is 0 Å². The van der Waals surface area contributed by atoms with Gasteiger partial charge in [0.1, 0.15) is 5.75 Å². The van der Waals surface area contributed by atoms with Gasteiger partial charge in [-0.3, -0.25) is 0 Å². The first-order valence-corrected chi connectivity index (χ1v) is 7.82. The van der Waals surface area contributed by atoms with Crippen molar-refractivity contribution in [3.05, 3.63) is 72.1 Å². The normalized spacial score (nSPS) is 10.7. The van der Waals surface area contributed by atoms with Gasteiger partial charge in [-0.1, -0.05) is 36.4 Å². The minimum atomic E-state index is 0.584. The van der Waals surface area contributed by atoms with Crippen LogP contribution in [0, 0.1) is 0 Å². The first kappa shape index (κ1) is 13.0. The van der Waals surface area contributed by atoms with Gasteiger partial charge >= 0.3 is 0 Å². The zero-order valence-corrected chi connectivity index (χ0v) is 12.5. The molecule has 0 N–H and O–H groups in total. The van der Waals surface area contributed by atoms with Crippen molar-refractivity contribution in [2.75, 3.05) is 0 Å². The Morgan fingerprint density at radius 1 is 0.773 bits per heavy atom. The van der Waals surface area contributed by atoms with E-state index in [0.29, 0.717) is 11.7 Å². The average molecular weight is 304 g/mol. The molecule has 0 aliphatic rings. The van der Waals surface area contributed by atoms with Crippen LogP contribution in [0.1, 0.15) is 0 Å². The van der Waals surface area contributed by atoms with Crippen molar-refractivity contribution >= 4 is 22.2 Å². The molecule has 0 spiro atoms. The van der Waals surface area contributed by atoms with Crippen LogP contribution in [0.3, 0.4) is 0 Å². The fourth-order valence-electron chi connectivity index (χ4n) is 2.24. The van der Waals surface area contributed by atoms with E-state index in [0.717, 1.165) is 21.5 Å². The molecular formula is C18H12N2OS. The lowest BCUT2D eigenvalue weighted by atomic mass is 10.2. The molecule has 0 aliphatic heterocycles. The number of fused-ring (bicyclic) bond motifs is 1. The molecule has 0 fully saturated rings. The Labute approximate surface area is 131 Å². The molecular weight excluding hydrogens is 292 g/mol. The van der Waals surface area contributed by atoms with E-state index >= 15 is 0 Å². The molecule has 0 radical (unpaired) electrons. The van der Waals surface area contributed by atoms with Crippen molar-refractivity contribution in [3.8, 4) is 22.3 Å². The maximum atomic E-state index is 5.98. The molecule has 0 saturated heterocycles. The number of hydrogen-bond donors (Lipinski definition) is 0. The molecule has 2 aromatic carbocycles. The Hall–Kier alpha value is -2.72. The number of thiophene rings is 1. The summed E-state index contributed by atoms with van der Waals surface area (Å²) in [5, 5.41) is 2.93. The summed E-state index contributed by atoms with van der Waals surface area (Å²) in [6.07, 6.45) is 0. The predicted octanol–water partition coefficient (Wildman–Crippen LogP) is 5.15. The van der Waals surface area contributed by atoms with Crippen LogP contribution in [-0.2, 0) is 0 Å². The number of rotatable bonds is 3. The summed E-state index contributed by atoms with van der Waals surface area (Å²) >= 11 is 1.62. The van der Waals surface area contributed by atoms with Crippen molar-refractivity contribution in [1.29, 1.82) is 0 Å². The molecule has 4 rings (SSSR count). The lowest BCUT2D eigenvalue weighted by Gasteiger charge is -2.09. The zero-order valence-electron chi connectivity index (χ0n) is 11.6. The molecule has 22 heavy (non-hydrogen) atoms. The average Bonchev–Trinajstić information content (AvgIpc) is 3.10. The Bertz CT molecular complexity index is 905. The Balaban J connectivity index is 1.88. The molecule has 0 saturated carbocycles. The molecule has 106 valence electrons. The highest BCUT2D eigenvalue weighted by atomic mass is 32.1. The van der Waals surface area contributed by atoms with Crippen LogP contribution < -0.4 is 4.74 Å². The first-order chi connectivity index (χ1) is 10.9. The van der Waals surface area contributed by atoms with Gasteiger partial charge in [-0.15, -0.1) is 11.3 Å². The van der Waals surface area contributed by atoms with Crippen molar-refractivity contribution in [3.63, 3.8) is 0 Å². The van der Waals surface area contributed by atoms with Gasteiger partial charge in [0, 0.05) is 0 Å². The quantitative estimate of drug-likeness (QED) is 0.525. The SMILES string of the molecule is c1ccc(Oc2nc(-c3cccs3)nc3ccccc23)cc1. The Kier molecular flexibility index (Phi) is 3.29. The lowest BCUT2D eigenvalue weighted by Crippen LogP contribution is -1.94. The number of benzene rings is 2. The number of ether oxygens (including phenoxy) is 1. The van der Waals surface area contributed by atoms with E-state index in [1.165, 1.54) is 0 Å². The van der Waals surface area contributed by atoms with E-state index in [1.807, 2.05) is 72.1 Å². The van der Waals surface area contributed by atoms with Gasteiger partial charge in [-0.25, -0.2) is 4.98 Å². The molecule has 0 amide bonds. The van der Waals surface area contributed by atoms with Gasteiger partial charge in [-0.2, -0.15) is 4.98 Å². The summed E-state index contributed by atoms with van der Waals surface area (Å²) in [5.41, 5.74) is 0.881. The second-order valence-electron chi connectivity index (χ2n) is 4.76. The highest BCUT2D eigenvalue weighted by molar-refractivity contribution is 7.13. The fraction of sp³-hybridized carbons (Fsp3) is 0. The number of hydrogen-bond acceptors (Lipinski definition) is 4. The third-order valence-electron chi connectivity index (χ3n) is 3.27. The summed E-state index contributed by atoms with van der Waals surface area (Å²) in [4.78, 5) is 10.3. The highest BCUT2D eigenvalue weighted by Crippen LogP contribution is 2.31. The molecule has 0 unspecified atom stereocenters. The number of nitrogens with zero attached hydrogens (tertiary/aromatic N) is 2. The van der Waals surface area contributed by atoms with Crippen molar-refractivity contribution in [1.82, 2.24) is 9.97 Å². The lowest BCUT2D eigenvalue weighted by molar-refractivity contribution is 0.469. The molecule has 0 bridgehead atoms. The van der Waals surface area contributed by atoms with Gasteiger partial charge in [-0.05, 0) is 35.7 Å². The molecule has 2 aromatic heterocycles.